The molecule has 2 aliphatic rings. The molecule has 0 radical (unpaired) electrons. The molecule has 0 unspecified atom stereocenters. The second kappa shape index (κ2) is 6.00. The van der Waals surface area contributed by atoms with Crippen LogP contribution < -0.4 is 16.0 Å². The quantitative estimate of drug-likeness (QED) is 0.607. The zero-order valence-corrected chi connectivity index (χ0v) is 10.1. The van der Waals surface area contributed by atoms with E-state index in [4.69, 9.17) is 0 Å². The zero-order chi connectivity index (χ0) is 12.1. The summed E-state index contributed by atoms with van der Waals surface area (Å²) in [6.07, 6.45) is 6.79. The van der Waals surface area contributed by atoms with Crippen molar-refractivity contribution in [3.63, 3.8) is 0 Å². The van der Waals surface area contributed by atoms with Gasteiger partial charge in [-0.3, -0.25) is 14.9 Å². The van der Waals surface area contributed by atoms with Crippen molar-refractivity contribution in [2.24, 2.45) is 0 Å². The Labute approximate surface area is 102 Å². The average molecular weight is 239 g/mol. The number of amides is 2. The van der Waals surface area contributed by atoms with Gasteiger partial charge in [-0.25, -0.2) is 0 Å². The van der Waals surface area contributed by atoms with Crippen molar-refractivity contribution < 1.29 is 9.59 Å². The highest BCUT2D eigenvalue weighted by Crippen LogP contribution is 2.18. The average Bonchev–Trinajstić information content (AvgIpc) is 2.93. The second-order valence-corrected chi connectivity index (χ2v) is 4.99. The Bertz CT molecular complexity index is 283. The van der Waals surface area contributed by atoms with Crippen LogP contribution in [-0.4, -0.2) is 37.0 Å². The molecule has 2 aliphatic carbocycles. The molecule has 0 heterocycles. The van der Waals surface area contributed by atoms with Crippen molar-refractivity contribution >= 4 is 11.8 Å². The van der Waals surface area contributed by atoms with E-state index in [1.807, 2.05) is 0 Å². The van der Waals surface area contributed by atoms with E-state index >= 15 is 0 Å². The predicted octanol–water partition coefficient (Wildman–Crippen LogP) is -0.0866. The Morgan fingerprint density at radius 1 is 0.824 bits per heavy atom. The van der Waals surface area contributed by atoms with E-state index in [9.17, 15) is 9.59 Å². The van der Waals surface area contributed by atoms with E-state index < -0.39 is 0 Å². The minimum Gasteiger partial charge on any atom is -0.352 e. The first kappa shape index (κ1) is 12.4. The summed E-state index contributed by atoms with van der Waals surface area (Å²) >= 11 is 0. The van der Waals surface area contributed by atoms with Crippen LogP contribution in [0.2, 0.25) is 0 Å². The van der Waals surface area contributed by atoms with Gasteiger partial charge in [0.1, 0.15) is 0 Å². The SMILES string of the molecule is O=C(CNCC(=O)NC1CC1)NC1CCCC1. The molecule has 0 spiro atoms. The molecule has 0 aromatic heterocycles. The van der Waals surface area contributed by atoms with Gasteiger partial charge in [0.25, 0.3) is 0 Å². The third-order valence-electron chi connectivity index (χ3n) is 3.23. The van der Waals surface area contributed by atoms with E-state index in [1.54, 1.807) is 0 Å². The van der Waals surface area contributed by atoms with Crippen LogP contribution >= 0.6 is 0 Å². The minimum atomic E-state index is -0.0128. The highest BCUT2D eigenvalue weighted by atomic mass is 16.2. The van der Waals surface area contributed by atoms with Crippen molar-refractivity contribution in [2.75, 3.05) is 13.1 Å². The molecule has 2 fully saturated rings. The zero-order valence-electron chi connectivity index (χ0n) is 10.1. The van der Waals surface area contributed by atoms with E-state index in [1.165, 1.54) is 12.8 Å². The molecular formula is C12H21N3O2. The highest BCUT2D eigenvalue weighted by Gasteiger charge is 2.23. The fraction of sp³-hybridized carbons (Fsp3) is 0.833. The number of carbonyl (C=O) groups excluding carboxylic acids is 2. The molecule has 0 saturated heterocycles. The van der Waals surface area contributed by atoms with E-state index in [-0.39, 0.29) is 24.9 Å². The van der Waals surface area contributed by atoms with Crippen molar-refractivity contribution in [2.45, 2.75) is 50.6 Å². The molecule has 0 atom stereocenters. The third kappa shape index (κ3) is 4.73. The summed E-state index contributed by atoms with van der Waals surface area (Å²) in [4.78, 5) is 22.8. The molecule has 5 heteroatoms. The number of carbonyl (C=O) groups is 2. The maximum Gasteiger partial charge on any atom is 0.234 e. The summed E-state index contributed by atoms with van der Waals surface area (Å²) in [7, 11) is 0. The molecular weight excluding hydrogens is 218 g/mol. The van der Waals surface area contributed by atoms with Gasteiger partial charge in [-0.15, -0.1) is 0 Å². The molecule has 96 valence electrons. The smallest absolute Gasteiger partial charge is 0.234 e. The minimum absolute atomic E-state index is 0.00359. The number of rotatable bonds is 6. The lowest BCUT2D eigenvalue weighted by Crippen LogP contribution is -2.42. The first-order valence-electron chi connectivity index (χ1n) is 6.53. The van der Waals surface area contributed by atoms with Crippen LogP contribution in [-0.2, 0) is 9.59 Å². The normalized spacial score (nSPS) is 20.2. The lowest BCUT2D eigenvalue weighted by molar-refractivity contribution is -0.121. The van der Waals surface area contributed by atoms with Gasteiger partial charge < -0.3 is 10.6 Å². The second-order valence-electron chi connectivity index (χ2n) is 4.99. The molecule has 0 bridgehead atoms. The number of hydrogen-bond donors (Lipinski definition) is 3. The van der Waals surface area contributed by atoms with Gasteiger partial charge in [0.2, 0.25) is 11.8 Å². The van der Waals surface area contributed by atoms with Gasteiger partial charge in [-0.1, -0.05) is 12.8 Å². The Morgan fingerprint density at radius 3 is 1.76 bits per heavy atom. The Balaban J connectivity index is 1.51. The first-order chi connectivity index (χ1) is 8.24. The molecule has 3 N–H and O–H groups in total. The van der Waals surface area contributed by atoms with E-state index in [2.05, 4.69) is 16.0 Å². The van der Waals surface area contributed by atoms with Crippen LogP contribution in [0.1, 0.15) is 38.5 Å². The Kier molecular flexibility index (Phi) is 4.36. The fourth-order valence-corrected chi connectivity index (χ4v) is 2.14. The lowest BCUT2D eigenvalue weighted by atomic mass is 10.2. The summed E-state index contributed by atoms with van der Waals surface area (Å²) < 4.78 is 0. The fourth-order valence-electron chi connectivity index (χ4n) is 2.14. The van der Waals surface area contributed by atoms with Crippen LogP contribution in [0, 0.1) is 0 Å². The van der Waals surface area contributed by atoms with Crippen molar-refractivity contribution in [1.82, 2.24) is 16.0 Å². The summed E-state index contributed by atoms with van der Waals surface area (Å²) in [6.45, 7) is 0.461. The maximum atomic E-state index is 11.5. The molecule has 0 aromatic rings. The number of nitrogens with one attached hydrogen (secondary N) is 3. The monoisotopic (exact) mass is 239 g/mol. The van der Waals surface area contributed by atoms with Gasteiger partial charge >= 0.3 is 0 Å². The maximum absolute atomic E-state index is 11.5. The lowest BCUT2D eigenvalue weighted by Gasteiger charge is -2.12. The molecule has 17 heavy (non-hydrogen) atoms. The summed E-state index contributed by atoms with van der Waals surface area (Å²) in [6, 6.07) is 0.737. The Morgan fingerprint density at radius 2 is 1.29 bits per heavy atom. The molecule has 2 saturated carbocycles. The summed E-state index contributed by atoms with van der Waals surface area (Å²) in [5.74, 6) is -0.0164. The van der Waals surface area contributed by atoms with Gasteiger partial charge in [-0.05, 0) is 25.7 Å². The van der Waals surface area contributed by atoms with Gasteiger partial charge in [0.15, 0.2) is 0 Å². The van der Waals surface area contributed by atoms with Crippen LogP contribution in [0.15, 0.2) is 0 Å². The van der Waals surface area contributed by atoms with Crippen molar-refractivity contribution in [1.29, 1.82) is 0 Å². The third-order valence-corrected chi connectivity index (χ3v) is 3.23. The highest BCUT2D eigenvalue weighted by molar-refractivity contribution is 5.81. The number of hydrogen-bond acceptors (Lipinski definition) is 3. The molecule has 5 nitrogen and oxygen atoms in total. The van der Waals surface area contributed by atoms with Gasteiger partial charge in [0.05, 0.1) is 13.1 Å². The van der Waals surface area contributed by atoms with E-state index in [0.717, 1.165) is 25.7 Å². The van der Waals surface area contributed by atoms with Crippen molar-refractivity contribution in [3.05, 3.63) is 0 Å². The van der Waals surface area contributed by atoms with E-state index in [0.29, 0.717) is 12.1 Å². The standard InChI is InChI=1S/C12H21N3O2/c16-11(14-9-3-1-2-4-9)7-13-8-12(17)15-10-5-6-10/h9-10,13H,1-8H2,(H,14,16)(H,15,17). The van der Waals surface area contributed by atoms with Crippen LogP contribution in [0.25, 0.3) is 0 Å². The summed E-state index contributed by atoms with van der Waals surface area (Å²) in [5.41, 5.74) is 0. The van der Waals surface area contributed by atoms with Crippen LogP contribution in [0.4, 0.5) is 0 Å². The predicted molar refractivity (Wildman–Crippen MR) is 64.4 cm³/mol. The topological polar surface area (TPSA) is 70.2 Å². The van der Waals surface area contributed by atoms with Crippen LogP contribution in [0.3, 0.4) is 0 Å². The van der Waals surface area contributed by atoms with Crippen LogP contribution in [0.5, 0.6) is 0 Å². The van der Waals surface area contributed by atoms with Gasteiger partial charge in [-0.2, -0.15) is 0 Å². The molecule has 2 rings (SSSR count). The van der Waals surface area contributed by atoms with Gasteiger partial charge in [0, 0.05) is 12.1 Å². The molecule has 2 amide bonds. The van der Waals surface area contributed by atoms with Crippen molar-refractivity contribution in [3.8, 4) is 0 Å². The Hall–Kier alpha value is -1.10. The molecule has 0 aromatic carbocycles. The summed E-state index contributed by atoms with van der Waals surface area (Å²) in [5, 5.41) is 8.71. The largest absolute Gasteiger partial charge is 0.352 e. The first-order valence-corrected chi connectivity index (χ1v) is 6.53. The molecule has 0 aliphatic heterocycles.